The number of thioether (sulfide) groups is 1. The number of amides is 2. The van der Waals surface area contributed by atoms with Gasteiger partial charge in [-0.2, -0.15) is 29.9 Å². The molecule has 1 aromatic heterocycles. The average Bonchev–Trinajstić information content (AvgIpc) is 2.74. The van der Waals surface area contributed by atoms with Crippen molar-refractivity contribution in [3.63, 3.8) is 0 Å². The van der Waals surface area contributed by atoms with Gasteiger partial charge in [0.05, 0.1) is 20.3 Å². The van der Waals surface area contributed by atoms with Crippen LogP contribution >= 0.6 is 11.8 Å². The van der Waals surface area contributed by atoms with Gasteiger partial charge in [-0.3, -0.25) is 0 Å². The summed E-state index contributed by atoms with van der Waals surface area (Å²) >= 11 is 1.54. The highest BCUT2D eigenvalue weighted by Crippen LogP contribution is 2.26. The monoisotopic (exact) mass is 452 g/mol. The number of morpholine rings is 1. The fourth-order valence-electron chi connectivity index (χ4n) is 2.61. The van der Waals surface area contributed by atoms with Gasteiger partial charge in [0.2, 0.25) is 11.7 Å². The summed E-state index contributed by atoms with van der Waals surface area (Å²) in [5, 5.41) is 2.65. The molecule has 1 aromatic rings. The topological polar surface area (TPSA) is 103 Å². The molecule has 0 spiro atoms. The average molecular weight is 452 g/mol. The van der Waals surface area contributed by atoms with Crippen LogP contribution in [0.2, 0.25) is 0 Å². The number of halogens is 3. The van der Waals surface area contributed by atoms with E-state index in [2.05, 4.69) is 15.3 Å². The first-order chi connectivity index (χ1) is 14.2. The van der Waals surface area contributed by atoms with E-state index in [1.807, 2.05) is 6.26 Å². The Morgan fingerprint density at radius 1 is 1.47 bits per heavy atom. The summed E-state index contributed by atoms with van der Waals surface area (Å²) in [6.07, 6.45) is -1.99. The summed E-state index contributed by atoms with van der Waals surface area (Å²) in [7, 11) is 1.25. The number of carbonyl (C=O) groups is 2. The van der Waals surface area contributed by atoms with Crippen LogP contribution in [0.4, 0.5) is 18.0 Å². The summed E-state index contributed by atoms with van der Waals surface area (Å²) in [5.41, 5.74) is 0. The van der Waals surface area contributed by atoms with Gasteiger partial charge in [0.15, 0.2) is 0 Å². The Hall–Kier alpha value is -2.28. The van der Waals surface area contributed by atoms with Gasteiger partial charge < -0.3 is 24.4 Å². The molecule has 0 radical (unpaired) electrons. The minimum atomic E-state index is -4.68. The predicted octanol–water partition coefficient (Wildman–Crippen LogP) is 1.58. The number of rotatable bonds is 8. The van der Waals surface area contributed by atoms with Crippen molar-refractivity contribution >= 4 is 23.8 Å². The number of methoxy groups -OCH3 is 1. The number of esters is 1. The van der Waals surface area contributed by atoms with Crippen molar-refractivity contribution in [2.75, 3.05) is 45.4 Å². The quantitative estimate of drug-likeness (QED) is 0.593. The zero-order valence-corrected chi connectivity index (χ0v) is 17.3. The zero-order chi connectivity index (χ0) is 22.1. The highest BCUT2D eigenvalue weighted by atomic mass is 32.2. The molecule has 2 amide bonds. The van der Waals surface area contributed by atoms with Gasteiger partial charge >= 0.3 is 18.2 Å². The van der Waals surface area contributed by atoms with Crippen molar-refractivity contribution in [2.24, 2.45) is 0 Å². The third-order valence-electron chi connectivity index (χ3n) is 4.12. The fraction of sp³-hybridized carbons (Fsp3) is 0.647. The highest BCUT2D eigenvalue weighted by molar-refractivity contribution is 7.98. The number of hydrogen-bond acceptors (Lipinski definition) is 8. The van der Waals surface area contributed by atoms with Gasteiger partial charge in [0.25, 0.3) is 0 Å². The first-order valence-electron chi connectivity index (χ1n) is 9.01. The summed E-state index contributed by atoms with van der Waals surface area (Å²) in [6.45, 7) is 0.543. The number of nitrogens with one attached hydrogen (secondary N) is 1. The van der Waals surface area contributed by atoms with Gasteiger partial charge in [-0.15, -0.1) is 0 Å². The first-order valence-corrected chi connectivity index (χ1v) is 10.4. The van der Waals surface area contributed by atoms with Gasteiger partial charge in [0.1, 0.15) is 18.8 Å². The minimum absolute atomic E-state index is 0.106. The van der Waals surface area contributed by atoms with Crippen molar-refractivity contribution in [3.8, 4) is 5.88 Å². The maximum atomic E-state index is 12.7. The van der Waals surface area contributed by atoms with Crippen LogP contribution in [-0.2, 0) is 20.4 Å². The largest absolute Gasteiger partial charge is 0.475 e. The smallest absolute Gasteiger partial charge is 0.451 e. The van der Waals surface area contributed by atoms with Crippen LogP contribution in [0.1, 0.15) is 12.2 Å². The van der Waals surface area contributed by atoms with Crippen LogP contribution in [0, 0.1) is 0 Å². The molecule has 1 unspecified atom stereocenters. The third kappa shape index (κ3) is 7.20. The Balaban J connectivity index is 1.90. The van der Waals surface area contributed by atoms with Crippen molar-refractivity contribution in [3.05, 3.63) is 18.1 Å². The summed E-state index contributed by atoms with van der Waals surface area (Å²) in [6, 6.07) is -0.0228. The van der Waals surface area contributed by atoms with Crippen molar-refractivity contribution in [2.45, 2.75) is 24.7 Å². The van der Waals surface area contributed by atoms with Crippen LogP contribution in [0.25, 0.3) is 0 Å². The summed E-state index contributed by atoms with van der Waals surface area (Å²) < 4.78 is 53.5. The zero-order valence-electron chi connectivity index (χ0n) is 16.5. The Kier molecular flexibility index (Phi) is 8.96. The van der Waals surface area contributed by atoms with Gasteiger partial charge in [0, 0.05) is 18.8 Å². The molecule has 0 bridgehead atoms. The van der Waals surface area contributed by atoms with Crippen LogP contribution in [0.15, 0.2) is 12.3 Å². The highest BCUT2D eigenvalue weighted by Gasteiger charge is 2.35. The molecule has 168 valence electrons. The second kappa shape index (κ2) is 11.2. The molecule has 2 rings (SSSR count). The van der Waals surface area contributed by atoms with Crippen LogP contribution in [0.3, 0.4) is 0 Å². The molecule has 1 saturated heterocycles. The second-order valence-electron chi connectivity index (χ2n) is 6.27. The number of hydrogen-bond donors (Lipinski definition) is 1. The van der Waals surface area contributed by atoms with E-state index in [0.29, 0.717) is 18.7 Å². The molecule has 1 aliphatic heterocycles. The van der Waals surface area contributed by atoms with Crippen LogP contribution < -0.4 is 10.1 Å². The maximum absolute atomic E-state index is 12.7. The number of carbonyl (C=O) groups excluding carboxylic acids is 2. The van der Waals surface area contributed by atoms with Gasteiger partial charge in [-0.1, -0.05) is 0 Å². The molecule has 0 aliphatic carbocycles. The molecule has 2 atom stereocenters. The predicted molar refractivity (Wildman–Crippen MR) is 101 cm³/mol. The van der Waals surface area contributed by atoms with Crippen molar-refractivity contribution in [1.29, 1.82) is 0 Å². The number of urea groups is 1. The molecule has 0 saturated carbocycles. The Bertz CT molecular complexity index is 725. The molecule has 1 aliphatic rings. The Labute approximate surface area is 175 Å². The fourth-order valence-corrected chi connectivity index (χ4v) is 3.08. The molecule has 9 nitrogen and oxygen atoms in total. The number of ether oxygens (including phenoxy) is 3. The number of nitrogens with zero attached hydrogens (tertiary/aromatic N) is 3. The van der Waals surface area contributed by atoms with E-state index in [4.69, 9.17) is 14.2 Å². The minimum Gasteiger partial charge on any atom is -0.475 e. The molecule has 0 aromatic carbocycles. The molecule has 1 fully saturated rings. The van der Waals surface area contributed by atoms with E-state index in [9.17, 15) is 22.8 Å². The van der Waals surface area contributed by atoms with E-state index < -0.39 is 36.1 Å². The molecule has 13 heteroatoms. The van der Waals surface area contributed by atoms with Gasteiger partial charge in [-0.05, 0) is 18.4 Å². The lowest BCUT2D eigenvalue weighted by Crippen LogP contribution is -2.54. The lowest BCUT2D eigenvalue weighted by molar-refractivity contribution is -0.145. The lowest BCUT2D eigenvalue weighted by atomic mass is 10.2. The summed E-state index contributed by atoms with van der Waals surface area (Å²) in [5.74, 6) is -1.41. The van der Waals surface area contributed by atoms with Crippen LogP contribution in [0.5, 0.6) is 5.88 Å². The van der Waals surface area contributed by atoms with E-state index in [0.717, 1.165) is 6.20 Å². The SMILES string of the molecule is COC(=O)[C@H](CCSC)NC(=O)N1CCOC(COc2ccnc(C(F)(F)F)n2)C1. The lowest BCUT2D eigenvalue weighted by Gasteiger charge is -2.33. The molecular formula is C17H23F3N4O5S. The Morgan fingerprint density at radius 3 is 2.90 bits per heavy atom. The van der Waals surface area contributed by atoms with E-state index >= 15 is 0 Å². The standard InChI is InChI=1S/C17H23F3N4O5S/c1-27-14(25)12(4-8-30-2)22-16(26)24-6-7-28-11(9-24)10-29-13-3-5-21-15(23-13)17(18,19)20/h3,5,11-12H,4,6-10H2,1-2H3,(H,22,26)/t11?,12-/m0/s1. The van der Waals surface area contributed by atoms with Crippen molar-refractivity contribution < 1.29 is 37.0 Å². The van der Waals surface area contributed by atoms with E-state index in [1.54, 1.807) is 0 Å². The summed E-state index contributed by atoms with van der Waals surface area (Å²) in [4.78, 5) is 32.3. The third-order valence-corrected chi connectivity index (χ3v) is 4.76. The molecule has 30 heavy (non-hydrogen) atoms. The normalized spacial score (nSPS) is 17.9. The van der Waals surface area contributed by atoms with Gasteiger partial charge in [-0.25, -0.2) is 14.6 Å². The molecule has 1 N–H and O–H groups in total. The second-order valence-corrected chi connectivity index (χ2v) is 7.26. The molecular weight excluding hydrogens is 429 g/mol. The van der Waals surface area contributed by atoms with E-state index in [1.165, 1.54) is 29.8 Å². The van der Waals surface area contributed by atoms with Crippen LogP contribution in [-0.4, -0.2) is 84.4 Å². The number of aromatic nitrogens is 2. The number of alkyl halides is 3. The maximum Gasteiger partial charge on any atom is 0.451 e. The Morgan fingerprint density at radius 2 is 2.23 bits per heavy atom. The molecule has 2 heterocycles. The first kappa shape index (κ1) is 24.0. The van der Waals surface area contributed by atoms with Crippen molar-refractivity contribution in [1.82, 2.24) is 20.2 Å². The van der Waals surface area contributed by atoms with E-state index in [-0.39, 0.29) is 25.6 Å².